The number of hydrogen-bond acceptors (Lipinski definition) is 9. The summed E-state index contributed by atoms with van der Waals surface area (Å²) in [4.78, 5) is 46.6. The molecule has 0 aliphatic rings. The predicted molar refractivity (Wildman–Crippen MR) is 149 cm³/mol. The lowest BCUT2D eigenvalue weighted by Crippen LogP contribution is -2.37. The molecule has 0 saturated carbocycles. The van der Waals surface area contributed by atoms with Crippen molar-refractivity contribution < 1.29 is 46.8 Å². The third kappa shape index (κ3) is 26.7. The maximum atomic E-state index is 12.2. The SMILES string of the molecule is CCCCCCCCCCCCCCCC(=O)OC[C@H](COP(=O)([O-])OCC[N+](C)(C)C)OC(=O)CCC=O. The first-order chi connectivity index (χ1) is 18.5. The average molecular weight is 580 g/mol. The second kappa shape index (κ2) is 23.4. The Morgan fingerprint density at radius 2 is 1.33 bits per heavy atom. The lowest BCUT2D eigenvalue weighted by atomic mass is 10.0. The fourth-order valence-electron chi connectivity index (χ4n) is 3.72. The molecule has 0 bridgehead atoms. The highest BCUT2D eigenvalue weighted by molar-refractivity contribution is 7.45. The number of rotatable bonds is 27. The van der Waals surface area contributed by atoms with E-state index in [9.17, 15) is 23.8 Å². The quantitative estimate of drug-likeness (QED) is 0.0429. The van der Waals surface area contributed by atoms with Crippen LogP contribution in [0.1, 0.15) is 110 Å². The fraction of sp³-hybridized carbons (Fsp3) is 0.893. The number of esters is 2. The molecule has 0 rings (SSSR count). The van der Waals surface area contributed by atoms with Gasteiger partial charge in [-0.25, -0.2) is 0 Å². The van der Waals surface area contributed by atoms with Crippen molar-refractivity contribution in [3.63, 3.8) is 0 Å². The van der Waals surface area contributed by atoms with Gasteiger partial charge in [-0.1, -0.05) is 84.0 Å². The number of likely N-dealkylation sites (N-methyl/N-ethyl adjacent to an activating group) is 1. The molecule has 0 radical (unpaired) electrons. The van der Waals surface area contributed by atoms with Crippen LogP contribution in [0.2, 0.25) is 0 Å². The van der Waals surface area contributed by atoms with Gasteiger partial charge in [-0.15, -0.1) is 0 Å². The zero-order valence-electron chi connectivity index (χ0n) is 24.9. The zero-order valence-corrected chi connectivity index (χ0v) is 25.8. The molecule has 230 valence electrons. The highest BCUT2D eigenvalue weighted by atomic mass is 31.2. The number of unbranched alkanes of at least 4 members (excludes halogenated alkanes) is 12. The minimum absolute atomic E-state index is 0.0283. The Morgan fingerprint density at radius 1 is 0.795 bits per heavy atom. The lowest BCUT2D eigenvalue weighted by molar-refractivity contribution is -0.870. The maximum absolute atomic E-state index is 12.2. The van der Waals surface area contributed by atoms with Crippen LogP contribution in [0.4, 0.5) is 0 Å². The summed E-state index contributed by atoms with van der Waals surface area (Å²) < 4.78 is 32.6. The van der Waals surface area contributed by atoms with E-state index in [0.717, 1.165) is 19.3 Å². The second-order valence-corrected chi connectivity index (χ2v) is 12.5. The van der Waals surface area contributed by atoms with Crippen LogP contribution in [-0.4, -0.2) is 76.3 Å². The van der Waals surface area contributed by atoms with Crippen LogP contribution >= 0.6 is 7.82 Å². The van der Waals surface area contributed by atoms with Crippen molar-refractivity contribution in [3.05, 3.63) is 0 Å². The van der Waals surface area contributed by atoms with Gasteiger partial charge in [-0.2, -0.15) is 0 Å². The van der Waals surface area contributed by atoms with Gasteiger partial charge in [0.2, 0.25) is 0 Å². The first-order valence-electron chi connectivity index (χ1n) is 14.7. The molecule has 0 spiro atoms. The average Bonchev–Trinajstić information content (AvgIpc) is 2.86. The number of nitrogens with zero attached hydrogens (tertiary/aromatic N) is 1. The number of quaternary nitrogens is 1. The number of phosphoric ester groups is 1. The van der Waals surface area contributed by atoms with Gasteiger partial charge in [0.15, 0.2) is 6.10 Å². The molecule has 0 saturated heterocycles. The van der Waals surface area contributed by atoms with Crippen LogP contribution in [-0.2, 0) is 37.5 Å². The minimum atomic E-state index is -4.64. The number of carbonyl (C=O) groups excluding carboxylic acids is 3. The Balaban J connectivity index is 4.22. The molecule has 0 N–H and O–H groups in total. The molecule has 0 fully saturated rings. The van der Waals surface area contributed by atoms with E-state index >= 15 is 0 Å². The summed E-state index contributed by atoms with van der Waals surface area (Å²) in [5, 5.41) is 0. The van der Waals surface area contributed by atoms with Crippen LogP contribution in [0.3, 0.4) is 0 Å². The second-order valence-electron chi connectivity index (χ2n) is 11.1. The summed E-state index contributed by atoms with van der Waals surface area (Å²) in [5.41, 5.74) is 0. The maximum Gasteiger partial charge on any atom is 0.306 e. The van der Waals surface area contributed by atoms with Crippen molar-refractivity contribution in [2.75, 3.05) is 47.5 Å². The summed E-state index contributed by atoms with van der Waals surface area (Å²) in [6.45, 7) is 1.71. The Labute approximate surface area is 236 Å². The number of carbonyl (C=O) groups is 3. The summed E-state index contributed by atoms with van der Waals surface area (Å²) in [7, 11) is 1.03. The Morgan fingerprint density at radius 3 is 1.85 bits per heavy atom. The molecule has 0 aromatic heterocycles. The number of aldehydes is 1. The van der Waals surface area contributed by atoms with Gasteiger partial charge in [-0.05, 0) is 6.42 Å². The van der Waals surface area contributed by atoms with E-state index in [1.807, 2.05) is 21.1 Å². The normalized spacial score (nSPS) is 14.0. The van der Waals surface area contributed by atoms with Crippen molar-refractivity contribution in [1.29, 1.82) is 0 Å². The Hall–Kier alpha value is -1.32. The molecule has 10 nitrogen and oxygen atoms in total. The van der Waals surface area contributed by atoms with Gasteiger partial charge in [0.05, 0.1) is 34.2 Å². The van der Waals surface area contributed by atoms with Crippen LogP contribution in [0.25, 0.3) is 0 Å². The van der Waals surface area contributed by atoms with E-state index in [0.29, 0.717) is 23.7 Å². The van der Waals surface area contributed by atoms with Gasteiger partial charge in [0, 0.05) is 12.8 Å². The zero-order chi connectivity index (χ0) is 29.4. The highest BCUT2D eigenvalue weighted by Crippen LogP contribution is 2.38. The van der Waals surface area contributed by atoms with Crippen molar-refractivity contribution in [2.24, 2.45) is 0 Å². The first kappa shape index (κ1) is 37.7. The van der Waals surface area contributed by atoms with Crippen molar-refractivity contribution >= 4 is 26.0 Å². The van der Waals surface area contributed by atoms with E-state index in [1.165, 1.54) is 57.8 Å². The molecule has 11 heteroatoms. The number of ether oxygens (including phenoxy) is 2. The third-order valence-corrected chi connectivity index (χ3v) is 7.07. The van der Waals surface area contributed by atoms with E-state index in [2.05, 4.69) is 6.92 Å². The summed E-state index contributed by atoms with van der Waals surface area (Å²) in [6, 6.07) is 0. The minimum Gasteiger partial charge on any atom is -0.756 e. The molecule has 0 aliphatic heterocycles. The van der Waals surface area contributed by atoms with Crippen LogP contribution in [0.15, 0.2) is 0 Å². The lowest BCUT2D eigenvalue weighted by Gasteiger charge is -2.28. The van der Waals surface area contributed by atoms with Crippen molar-refractivity contribution in [3.8, 4) is 0 Å². The van der Waals surface area contributed by atoms with E-state index in [4.69, 9.17) is 18.5 Å². The summed E-state index contributed by atoms with van der Waals surface area (Å²) >= 11 is 0. The molecule has 0 heterocycles. The molecule has 0 aromatic carbocycles. The first-order valence-corrected chi connectivity index (χ1v) is 16.1. The summed E-state index contributed by atoms with van der Waals surface area (Å²) in [6.07, 6.45) is 15.1. The number of hydrogen-bond donors (Lipinski definition) is 0. The molecular formula is C28H54NO9P. The largest absolute Gasteiger partial charge is 0.756 e. The van der Waals surface area contributed by atoms with Crippen LogP contribution < -0.4 is 4.89 Å². The Bertz CT molecular complexity index is 697. The van der Waals surface area contributed by atoms with Crippen LogP contribution in [0, 0.1) is 0 Å². The smallest absolute Gasteiger partial charge is 0.306 e. The van der Waals surface area contributed by atoms with Gasteiger partial charge in [0.1, 0.15) is 26.0 Å². The van der Waals surface area contributed by atoms with Gasteiger partial charge >= 0.3 is 11.9 Å². The standard InChI is InChI=1S/C28H54NO9P/c1-5-6-7-8-9-10-11-12-13-14-15-16-17-19-27(31)35-24-26(38-28(32)20-18-22-30)25-37-39(33,34)36-23-21-29(2,3)4/h22,26H,5-21,23-25H2,1-4H3/t26-/m1/s1. The highest BCUT2D eigenvalue weighted by Gasteiger charge is 2.21. The predicted octanol–water partition coefficient (Wildman–Crippen LogP) is 5.11. The molecule has 0 aromatic rings. The van der Waals surface area contributed by atoms with E-state index in [1.54, 1.807) is 0 Å². The molecule has 2 atom stereocenters. The molecule has 0 amide bonds. The van der Waals surface area contributed by atoms with Crippen molar-refractivity contribution in [2.45, 2.75) is 116 Å². The van der Waals surface area contributed by atoms with E-state index < -0.39 is 32.5 Å². The molecule has 0 aliphatic carbocycles. The number of phosphoric acid groups is 1. The molecule has 39 heavy (non-hydrogen) atoms. The van der Waals surface area contributed by atoms with Crippen LogP contribution in [0.5, 0.6) is 0 Å². The topological polar surface area (TPSA) is 128 Å². The Kier molecular flexibility index (Phi) is 22.6. The van der Waals surface area contributed by atoms with E-state index in [-0.39, 0.29) is 32.5 Å². The van der Waals surface area contributed by atoms with Gasteiger partial charge in [-0.3, -0.25) is 14.2 Å². The molecular weight excluding hydrogens is 525 g/mol. The van der Waals surface area contributed by atoms with Gasteiger partial charge in [0.25, 0.3) is 7.82 Å². The monoisotopic (exact) mass is 579 g/mol. The third-order valence-electron chi connectivity index (χ3n) is 6.11. The summed E-state index contributed by atoms with van der Waals surface area (Å²) in [5.74, 6) is -1.16. The van der Waals surface area contributed by atoms with Crippen molar-refractivity contribution in [1.82, 2.24) is 0 Å². The fourth-order valence-corrected chi connectivity index (χ4v) is 4.45. The van der Waals surface area contributed by atoms with Gasteiger partial charge < -0.3 is 32.7 Å². The molecule has 1 unspecified atom stereocenters.